The third-order valence-corrected chi connectivity index (χ3v) is 4.42. The second-order valence-electron chi connectivity index (χ2n) is 5.89. The molecule has 2 heterocycles. The summed E-state index contributed by atoms with van der Waals surface area (Å²) in [5.74, 6) is 2.15. The quantitative estimate of drug-likeness (QED) is 0.900. The van der Waals surface area contributed by atoms with Gasteiger partial charge in [-0.15, -0.1) is 0 Å². The third-order valence-electron chi connectivity index (χ3n) is 4.42. The van der Waals surface area contributed by atoms with Crippen molar-refractivity contribution in [3.8, 4) is 17.2 Å². The molecule has 1 fully saturated rings. The standard InChI is InChI=1S/C17H24N2O3/c1-20-14-5-4-13-6-7-17(22-15(13)16(14)21-2)8-11-19(12-17)10-3-9-18/h4-7H,3,8-12,18H2,1-2H3. The number of fused-ring (bicyclic) bond motifs is 1. The molecule has 0 radical (unpaired) electrons. The lowest BCUT2D eigenvalue weighted by atomic mass is 9.97. The molecule has 0 aliphatic carbocycles. The van der Waals surface area contributed by atoms with E-state index < -0.39 is 0 Å². The number of benzene rings is 1. The summed E-state index contributed by atoms with van der Waals surface area (Å²) in [6.07, 6.45) is 6.32. The number of hydrogen-bond donors (Lipinski definition) is 1. The van der Waals surface area contributed by atoms with Gasteiger partial charge in [-0.1, -0.05) is 6.08 Å². The summed E-state index contributed by atoms with van der Waals surface area (Å²) in [4.78, 5) is 2.41. The second kappa shape index (κ2) is 6.18. The van der Waals surface area contributed by atoms with Gasteiger partial charge in [0.1, 0.15) is 5.60 Å². The monoisotopic (exact) mass is 304 g/mol. The van der Waals surface area contributed by atoms with Crippen LogP contribution in [0.2, 0.25) is 0 Å². The van der Waals surface area contributed by atoms with Crippen LogP contribution in [0, 0.1) is 0 Å². The Kier molecular flexibility index (Phi) is 4.27. The zero-order valence-corrected chi connectivity index (χ0v) is 13.3. The molecule has 1 unspecified atom stereocenters. The van der Waals surface area contributed by atoms with Gasteiger partial charge in [0.15, 0.2) is 11.5 Å². The SMILES string of the molecule is COc1ccc2c(c1OC)OC1(C=C2)CCN(CCCN)C1. The molecule has 22 heavy (non-hydrogen) atoms. The van der Waals surface area contributed by atoms with E-state index in [0.717, 1.165) is 50.3 Å². The van der Waals surface area contributed by atoms with E-state index in [2.05, 4.69) is 17.1 Å². The van der Waals surface area contributed by atoms with E-state index in [1.807, 2.05) is 12.1 Å². The maximum atomic E-state index is 6.39. The fraction of sp³-hybridized carbons (Fsp3) is 0.529. The Morgan fingerprint density at radius 3 is 2.91 bits per heavy atom. The highest BCUT2D eigenvalue weighted by Gasteiger charge is 2.41. The van der Waals surface area contributed by atoms with Crippen molar-refractivity contribution < 1.29 is 14.2 Å². The fourth-order valence-electron chi connectivity index (χ4n) is 3.24. The number of hydrogen-bond acceptors (Lipinski definition) is 5. The smallest absolute Gasteiger partial charge is 0.203 e. The first-order valence-electron chi connectivity index (χ1n) is 7.77. The van der Waals surface area contributed by atoms with Gasteiger partial charge in [0.25, 0.3) is 0 Å². The van der Waals surface area contributed by atoms with Crippen molar-refractivity contribution in [3.63, 3.8) is 0 Å². The predicted molar refractivity (Wildman–Crippen MR) is 86.7 cm³/mol. The van der Waals surface area contributed by atoms with Crippen molar-refractivity contribution in [2.45, 2.75) is 18.4 Å². The molecule has 1 saturated heterocycles. The minimum atomic E-state index is -0.263. The summed E-state index contributed by atoms with van der Waals surface area (Å²) in [5, 5.41) is 0. The summed E-state index contributed by atoms with van der Waals surface area (Å²) in [6.45, 7) is 3.68. The first-order valence-corrected chi connectivity index (χ1v) is 7.77. The first kappa shape index (κ1) is 15.2. The summed E-state index contributed by atoms with van der Waals surface area (Å²) >= 11 is 0. The van der Waals surface area contributed by atoms with Gasteiger partial charge in [0, 0.05) is 25.1 Å². The van der Waals surface area contributed by atoms with E-state index in [4.69, 9.17) is 19.9 Å². The number of methoxy groups -OCH3 is 2. The normalized spacial score (nSPS) is 23.4. The second-order valence-corrected chi connectivity index (χ2v) is 5.89. The van der Waals surface area contributed by atoms with Crippen molar-refractivity contribution in [3.05, 3.63) is 23.8 Å². The molecule has 2 aliphatic heterocycles. The molecule has 0 saturated carbocycles. The largest absolute Gasteiger partial charge is 0.493 e. The molecule has 5 heteroatoms. The van der Waals surface area contributed by atoms with Crippen molar-refractivity contribution in [2.24, 2.45) is 5.73 Å². The topological polar surface area (TPSA) is 57.0 Å². The van der Waals surface area contributed by atoms with Gasteiger partial charge in [0.05, 0.1) is 14.2 Å². The molecular formula is C17H24N2O3. The van der Waals surface area contributed by atoms with E-state index in [9.17, 15) is 0 Å². The van der Waals surface area contributed by atoms with Crippen LogP contribution in [0.1, 0.15) is 18.4 Å². The van der Waals surface area contributed by atoms with Crippen LogP contribution in [0.5, 0.6) is 17.2 Å². The molecule has 2 aliphatic rings. The highest BCUT2D eigenvalue weighted by Crippen LogP contribution is 2.46. The average molecular weight is 304 g/mol. The van der Waals surface area contributed by atoms with E-state index in [-0.39, 0.29) is 5.60 Å². The molecule has 0 bridgehead atoms. The van der Waals surface area contributed by atoms with Crippen LogP contribution in [-0.4, -0.2) is 50.9 Å². The number of nitrogens with two attached hydrogens (primary N) is 1. The van der Waals surface area contributed by atoms with Crippen LogP contribution in [0.3, 0.4) is 0 Å². The molecule has 5 nitrogen and oxygen atoms in total. The van der Waals surface area contributed by atoms with E-state index >= 15 is 0 Å². The maximum Gasteiger partial charge on any atom is 0.203 e. The predicted octanol–water partition coefficient (Wildman–Crippen LogP) is 1.90. The van der Waals surface area contributed by atoms with Crippen molar-refractivity contribution in [1.29, 1.82) is 0 Å². The van der Waals surface area contributed by atoms with Crippen LogP contribution < -0.4 is 19.9 Å². The zero-order chi connectivity index (χ0) is 15.6. The zero-order valence-electron chi connectivity index (χ0n) is 13.3. The lowest BCUT2D eigenvalue weighted by molar-refractivity contribution is 0.117. The van der Waals surface area contributed by atoms with Crippen LogP contribution >= 0.6 is 0 Å². The van der Waals surface area contributed by atoms with E-state index in [1.165, 1.54) is 0 Å². The van der Waals surface area contributed by atoms with E-state index in [1.54, 1.807) is 14.2 Å². The Labute approximate surface area is 131 Å². The summed E-state index contributed by atoms with van der Waals surface area (Å²) in [7, 11) is 3.29. The molecule has 1 spiro atoms. The fourth-order valence-corrected chi connectivity index (χ4v) is 3.24. The Bertz CT molecular complexity index is 573. The van der Waals surface area contributed by atoms with Gasteiger partial charge in [-0.2, -0.15) is 0 Å². The minimum Gasteiger partial charge on any atom is -0.493 e. The molecule has 3 rings (SSSR count). The highest BCUT2D eigenvalue weighted by atomic mass is 16.5. The van der Waals surface area contributed by atoms with Crippen LogP contribution in [-0.2, 0) is 0 Å². The molecule has 1 atom stereocenters. The van der Waals surface area contributed by atoms with Crippen molar-refractivity contribution in [2.75, 3.05) is 40.4 Å². The summed E-state index contributed by atoms with van der Waals surface area (Å²) in [6, 6.07) is 3.91. The third kappa shape index (κ3) is 2.66. The molecule has 1 aromatic rings. The number of rotatable bonds is 5. The van der Waals surface area contributed by atoms with Crippen LogP contribution in [0.4, 0.5) is 0 Å². The number of likely N-dealkylation sites (tertiary alicyclic amines) is 1. The number of ether oxygens (including phenoxy) is 3. The first-order chi connectivity index (χ1) is 10.7. The molecule has 0 amide bonds. The Morgan fingerprint density at radius 2 is 2.18 bits per heavy atom. The van der Waals surface area contributed by atoms with Crippen molar-refractivity contribution >= 4 is 6.08 Å². The lowest BCUT2D eigenvalue weighted by Crippen LogP contribution is -2.39. The average Bonchev–Trinajstić information content (AvgIpc) is 2.94. The molecule has 120 valence electrons. The van der Waals surface area contributed by atoms with Gasteiger partial charge in [-0.05, 0) is 37.7 Å². The lowest BCUT2D eigenvalue weighted by Gasteiger charge is -2.32. The molecular weight excluding hydrogens is 280 g/mol. The summed E-state index contributed by atoms with van der Waals surface area (Å²) < 4.78 is 17.3. The molecule has 0 aromatic heterocycles. The number of nitrogens with zero attached hydrogens (tertiary/aromatic N) is 1. The highest BCUT2D eigenvalue weighted by molar-refractivity contribution is 5.69. The summed E-state index contributed by atoms with van der Waals surface area (Å²) in [5.41, 5.74) is 6.38. The molecule has 1 aromatic carbocycles. The van der Waals surface area contributed by atoms with Gasteiger partial charge < -0.3 is 19.9 Å². The van der Waals surface area contributed by atoms with Gasteiger partial charge in [0.2, 0.25) is 5.75 Å². The Morgan fingerprint density at radius 1 is 1.32 bits per heavy atom. The van der Waals surface area contributed by atoms with Gasteiger partial charge >= 0.3 is 0 Å². The van der Waals surface area contributed by atoms with Crippen molar-refractivity contribution in [1.82, 2.24) is 4.90 Å². The van der Waals surface area contributed by atoms with Crippen LogP contribution in [0.25, 0.3) is 6.08 Å². The molecule has 2 N–H and O–H groups in total. The van der Waals surface area contributed by atoms with E-state index in [0.29, 0.717) is 11.5 Å². The minimum absolute atomic E-state index is 0.263. The van der Waals surface area contributed by atoms with Crippen LogP contribution in [0.15, 0.2) is 18.2 Å². The van der Waals surface area contributed by atoms with Gasteiger partial charge in [-0.25, -0.2) is 0 Å². The maximum absolute atomic E-state index is 6.39. The van der Waals surface area contributed by atoms with Gasteiger partial charge in [-0.3, -0.25) is 4.90 Å². The Balaban J connectivity index is 1.84. The Hall–Kier alpha value is -1.72.